The quantitative estimate of drug-likeness (QED) is 0.284. The molecule has 2 aromatic carbocycles. The molecule has 5 N–H and O–H groups in total. The number of aliphatic carboxylic acids is 1. The van der Waals surface area contributed by atoms with Gasteiger partial charge >= 0.3 is 12.1 Å². The zero-order chi connectivity index (χ0) is 26.7. The maximum atomic E-state index is 14.2. The molecule has 10 heteroatoms. The number of hydrogen-bond acceptors (Lipinski definition) is 6. The number of rotatable bonds is 8. The number of anilines is 1. The lowest BCUT2D eigenvalue weighted by molar-refractivity contribution is -0.198. The van der Waals surface area contributed by atoms with Crippen LogP contribution in [0.3, 0.4) is 0 Å². The molecule has 0 amide bonds. The average molecular weight is 512 g/mol. The number of pyridine rings is 1. The van der Waals surface area contributed by atoms with Gasteiger partial charge in [-0.25, -0.2) is 0 Å². The number of carbonyl (C=O) groups is 1. The first kappa shape index (κ1) is 25.8. The molecule has 0 saturated carbocycles. The fraction of sp³-hybridized carbons (Fsp3) is 0.185. The standard InChI is InChI=1S/C27H24F3N3O4/c1-15-3-2-4-18(11-15)24-20(9-10-36-24)25(27(28,29)30)37-23-14-19(13-22(32)33-23)17-7-5-16(6-8-17)12-21(31)26(34)35/h2-11,13-14,21,25H,12,31H2,1H3,(H2,32,33)(H,34,35)/t21-,25?/m0/s1. The van der Waals surface area contributed by atoms with E-state index in [1.807, 2.05) is 13.0 Å². The van der Waals surface area contributed by atoms with Crippen LogP contribution in [-0.2, 0) is 11.2 Å². The smallest absolute Gasteiger partial charge is 0.429 e. The Labute approximate surface area is 210 Å². The molecule has 192 valence electrons. The minimum atomic E-state index is -4.78. The molecule has 2 heterocycles. The van der Waals surface area contributed by atoms with Gasteiger partial charge in [-0.05, 0) is 48.2 Å². The summed E-state index contributed by atoms with van der Waals surface area (Å²) in [7, 11) is 0. The molecule has 0 fully saturated rings. The van der Waals surface area contributed by atoms with Gasteiger partial charge < -0.3 is 25.7 Å². The first-order valence-electron chi connectivity index (χ1n) is 11.2. The second-order valence-electron chi connectivity index (χ2n) is 8.58. The van der Waals surface area contributed by atoms with Gasteiger partial charge in [0.05, 0.1) is 6.26 Å². The average Bonchev–Trinajstić information content (AvgIpc) is 3.31. The van der Waals surface area contributed by atoms with Crippen LogP contribution in [0, 0.1) is 6.92 Å². The zero-order valence-corrected chi connectivity index (χ0v) is 19.7. The van der Waals surface area contributed by atoms with Crippen molar-refractivity contribution in [1.82, 2.24) is 4.98 Å². The molecule has 0 aliphatic rings. The molecule has 1 unspecified atom stereocenters. The van der Waals surface area contributed by atoms with Gasteiger partial charge in [-0.2, -0.15) is 18.2 Å². The maximum Gasteiger partial charge on any atom is 0.429 e. The molecular formula is C27H24F3N3O4. The monoisotopic (exact) mass is 511 g/mol. The molecule has 0 spiro atoms. The Hall–Kier alpha value is -4.31. The van der Waals surface area contributed by atoms with E-state index in [-0.39, 0.29) is 29.4 Å². The lowest BCUT2D eigenvalue weighted by atomic mass is 10.0. The van der Waals surface area contributed by atoms with Crippen molar-refractivity contribution >= 4 is 11.8 Å². The molecule has 0 aliphatic heterocycles. The number of furan rings is 1. The third-order valence-corrected chi connectivity index (χ3v) is 5.68. The molecule has 7 nitrogen and oxygen atoms in total. The summed E-state index contributed by atoms with van der Waals surface area (Å²) in [4.78, 5) is 14.9. The summed E-state index contributed by atoms with van der Waals surface area (Å²) >= 11 is 0. The van der Waals surface area contributed by atoms with Crippen LogP contribution >= 0.6 is 0 Å². The largest absolute Gasteiger partial charge is 0.480 e. The first-order valence-corrected chi connectivity index (χ1v) is 11.2. The van der Waals surface area contributed by atoms with Gasteiger partial charge in [0, 0.05) is 17.2 Å². The minimum Gasteiger partial charge on any atom is -0.480 e. The van der Waals surface area contributed by atoms with E-state index in [1.165, 1.54) is 24.5 Å². The fourth-order valence-corrected chi connectivity index (χ4v) is 3.90. The number of halogens is 3. The Morgan fingerprint density at radius 1 is 1.05 bits per heavy atom. The summed E-state index contributed by atoms with van der Waals surface area (Å²) < 4.78 is 53.4. The molecule has 0 radical (unpaired) electrons. The van der Waals surface area contributed by atoms with Gasteiger partial charge in [-0.1, -0.05) is 48.0 Å². The van der Waals surface area contributed by atoms with Crippen molar-refractivity contribution in [1.29, 1.82) is 0 Å². The number of aryl methyl sites for hydroxylation is 1. The Kier molecular flexibility index (Phi) is 7.21. The van der Waals surface area contributed by atoms with Gasteiger partial charge in [0.1, 0.15) is 17.6 Å². The summed E-state index contributed by atoms with van der Waals surface area (Å²) in [5.41, 5.74) is 14.4. The van der Waals surface area contributed by atoms with Crippen molar-refractivity contribution in [2.75, 3.05) is 5.73 Å². The Morgan fingerprint density at radius 2 is 1.78 bits per heavy atom. The Bertz CT molecular complexity index is 1400. The van der Waals surface area contributed by atoms with Crippen molar-refractivity contribution in [3.63, 3.8) is 0 Å². The number of carboxylic acid groups (broad SMARTS) is 1. The second-order valence-corrected chi connectivity index (χ2v) is 8.58. The highest BCUT2D eigenvalue weighted by Gasteiger charge is 2.45. The number of nitrogen functional groups attached to an aromatic ring is 1. The molecule has 0 aliphatic carbocycles. The van der Waals surface area contributed by atoms with Crippen molar-refractivity contribution in [2.45, 2.75) is 31.7 Å². The van der Waals surface area contributed by atoms with Crippen molar-refractivity contribution in [3.05, 3.63) is 89.7 Å². The lowest BCUT2D eigenvalue weighted by Gasteiger charge is -2.22. The third-order valence-electron chi connectivity index (χ3n) is 5.68. The summed E-state index contributed by atoms with van der Waals surface area (Å²) in [5, 5.41) is 8.98. The molecule has 0 bridgehead atoms. The van der Waals surface area contributed by atoms with Gasteiger partial charge in [0.25, 0.3) is 0 Å². The first-order chi connectivity index (χ1) is 17.5. The number of carboxylic acids is 1. The van der Waals surface area contributed by atoms with Crippen LogP contribution in [0.25, 0.3) is 22.5 Å². The lowest BCUT2D eigenvalue weighted by Crippen LogP contribution is -2.32. The van der Waals surface area contributed by atoms with Crippen LogP contribution in [0.5, 0.6) is 5.88 Å². The van der Waals surface area contributed by atoms with Crippen LogP contribution in [0.15, 0.2) is 77.4 Å². The van der Waals surface area contributed by atoms with Crippen molar-refractivity contribution in [2.24, 2.45) is 5.73 Å². The number of alkyl halides is 3. The zero-order valence-electron chi connectivity index (χ0n) is 19.7. The van der Waals surface area contributed by atoms with Gasteiger partial charge in [-0.3, -0.25) is 4.79 Å². The third kappa shape index (κ3) is 6.10. The van der Waals surface area contributed by atoms with Gasteiger partial charge in [0.2, 0.25) is 12.0 Å². The predicted octanol–water partition coefficient (Wildman–Crippen LogP) is 5.54. The summed E-state index contributed by atoms with van der Waals surface area (Å²) in [6.45, 7) is 1.83. The van der Waals surface area contributed by atoms with Crippen LogP contribution in [0.2, 0.25) is 0 Å². The highest BCUT2D eigenvalue weighted by Crippen LogP contribution is 2.42. The minimum absolute atomic E-state index is 0.0310. The van der Waals surface area contributed by atoms with Crippen molar-refractivity contribution < 1.29 is 32.2 Å². The van der Waals surface area contributed by atoms with Gasteiger partial charge in [-0.15, -0.1) is 0 Å². The molecule has 4 aromatic rings. The number of hydrogen-bond donors (Lipinski definition) is 3. The predicted molar refractivity (Wildman–Crippen MR) is 132 cm³/mol. The van der Waals surface area contributed by atoms with E-state index in [0.717, 1.165) is 5.56 Å². The maximum absolute atomic E-state index is 14.2. The Morgan fingerprint density at radius 3 is 2.43 bits per heavy atom. The van der Waals surface area contributed by atoms with E-state index < -0.39 is 24.3 Å². The van der Waals surface area contributed by atoms with Crippen LogP contribution in [0.4, 0.5) is 19.0 Å². The van der Waals surface area contributed by atoms with Crippen LogP contribution in [0.1, 0.15) is 22.8 Å². The number of aromatic nitrogens is 1. The molecule has 2 aromatic heterocycles. The highest BCUT2D eigenvalue weighted by atomic mass is 19.4. The highest BCUT2D eigenvalue weighted by molar-refractivity contribution is 5.74. The van der Waals surface area contributed by atoms with E-state index in [0.29, 0.717) is 22.3 Å². The van der Waals surface area contributed by atoms with Crippen molar-refractivity contribution in [3.8, 4) is 28.3 Å². The summed E-state index contributed by atoms with van der Waals surface area (Å²) in [5.74, 6) is -1.41. The Balaban J connectivity index is 1.65. The SMILES string of the molecule is Cc1cccc(-c2occc2C(Oc2cc(-c3ccc(C[C@H](N)C(=O)O)cc3)cc(N)n2)C(F)(F)F)c1. The molecule has 2 atom stereocenters. The normalized spacial score (nSPS) is 13.2. The second kappa shape index (κ2) is 10.4. The number of ether oxygens (including phenoxy) is 1. The molecule has 37 heavy (non-hydrogen) atoms. The number of benzene rings is 2. The summed E-state index contributed by atoms with van der Waals surface area (Å²) in [6.07, 6.45) is -5.82. The van der Waals surface area contributed by atoms with E-state index in [1.54, 1.807) is 42.5 Å². The number of nitrogens with two attached hydrogens (primary N) is 2. The van der Waals surface area contributed by atoms with E-state index in [2.05, 4.69) is 4.98 Å². The molecular weight excluding hydrogens is 487 g/mol. The molecule has 0 saturated heterocycles. The number of nitrogens with zero attached hydrogens (tertiary/aromatic N) is 1. The van der Waals surface area contributed by atoms with Gasteiger partial charge in [0.15, 0.2) is 0 Å². The van der Waals surface area contributed by atoms with E-state index in [4.69, 9.17) is 25.7 Å². The molecule has 4 rings (SSSR count). The van der Waals surface area contributed by atoms with Crippen LogP contribution < -0.4 is 16.2 Å². The van der Waals surface area contributed by atoms with E-state index >= 15 is 0 Å². The topological polar surface area (TPSA) is 125 Å². The fourth-order valence-electron chi connectivity index (χ4n) is 3.90. The van der Waals surface area contributed by atoms with Crippen LogP contribution in [-0.4, -0.2) is 28.3 Å². The van der Waals surface area contributed by atoms with E-state index in [9.17, 15) is 18.0 Å². The summed E-state index contributed by atoms with van der Waals surface area (Å²) in [6, 6.07) is 16.7.